The van der Waals surface area contributed by atoms with E-state index in [9.17, 15) is 9.90 Å². The second-order valence-corrected chi connectivity index (χ2v) is 4.35. The lowest BCUT2D eigenvalue weighted by atomic mass is 10.1. The fourth-order valence-electron chi connectivity index (χ4n) is 2.04. The molecule has 0 radical (unpaired) electrons. The van der Waals surface area contributed by atoms with Crippen LogP contribution in [0, 0.1) is 0 Å². The summed E-state index contributed by atoms with van der Waals surface area (Å²) in [5.41, 5.74) is 0.629. The summed E-state index contributed by atoms with van der Waals surface area (Å²) in [6.07, 6.45) is 1.17. The standard InChI is InChI=1S/C13H18N2O2/c16-12(10-5-2-1-3-6-10)13(17)15-9-11-7-4-8-14-11/h1-3,5-6,11-12,14,16H,4,7-9H2,(H,15,17). The number of carbonyl (C=O) groups excluding carboxylic acids is 1. The third-order valence-electron chi connectivity index (χ3n) is 3.05. The zero-order valence-electron chi connectivity index (χ0n) is 9.73. The number of carbonyl (C=O) groups is 1. The first-order chi connectivity index (χ1) is 8.27. The molecule has 1 heterocycles. The van der Waals surface area contributed by atoms with Crippen molar-refractivity contribution < 1.29 is 9.90 Å². The van der Waals surface area contributed by atoms with E-state index in [1.807, 2.05) is 18.2 Å². The van der Waals surface area contributed by atoms with Crippen molar-refractivity contribution >= 4 is 5.91 Å². The van der Waals surface area contributed by atoms with Gasteiger partial charge in [-0.2, -0.15) is 0 Å². The normalized spacial score (nSPS) is 21.1. The van der Waals surface area contributed by atoms with E-state index >= 15 is 0 Å². The second kappa shape index (κ2) is 5.80. The summed E-state index contributed by atoms with van der Waals surface area (Å²) >= 11 is 0. The van der Waals surface area contributed by atoms with Gasteiger partial charge in [-0.1, -0.05) is 30.3 Å². The Bertz CT molecular complexity index is 361. The first-order valence-corrected chi connectivity index (χ1v) is 6.01. The molecule has 1 aliphatic rings. The molecule has 0 spiro atoms. The van der Waals surface area contributed by atoms with Gasteiger partial charge in [0.25, 0.3) is 5.91 Å². The maximum atomic E-state index is 11.7. The Labute approximate surface area is 101 Å². The Morgan fingerprint density at radius 1 is 1.47 bits per heavy atom. The number of benzene rings is 1. The molecule has 1 aromatic carbocycles. The van der Waals surface area contributed by atoms with Crippen molar-refractivity contribution in [2.75, 3.05) is 13.1 Å². The number of rotatable bonds is 4. The SMILES string of the molecule is O=C(NCC1CCCN1)C(O)c1ccccc1. The van der Waals surface area contributed by atoms with Crippen molar-refractivity contribution in [3.63, 3.8) is 0 Å². The lowest BCUT2D eigenvalue weighted by Gasteiger charge is -2.14. The van der Waals surface area contributed by atoms with E-state index in [2.05, 4.69) is 10.6 Å². The number of nitrogens with one attached hydrogen (secondary N) is 2. The summed E-state index contributed by atoms with van der Waals surface area (Å²) in [4.78, 5) is 11.7. The molecule has 17 heavy (non-hydrogen) atoms. The quantitative estimate of drug-likeness (QED) is 0.714. The highest BCUT2D eigenvalue weighted by molar-refractivity contribution is 5.81. The molecule has 0 aliphatic carbocycles. The fourth-order valence-corrected chi connectivity index (χ4v) is 2.04. The number of aliphatic hydroxyl groups excluding tert-OH is 1. The van der Waals surface area contributed by atoms with Crippen LogP contribution in [-0.2, 0) is 4.79 Å². The molecule has 1 aromatic rings. The Hall–Kier alpha value is -1.39. The highest BCUT2D eigenvalue weighted by atomic mass is 16.3. The number of aliphatic hydroxyl groups is 1. The van der Waals surface area contributed by atoms with Crippen LogP contribution >= 0.6 is 0 Å². The van der Waals surface area contributed by atoms with Crippen molar-refractivity contribution in [3.8, 4) is 0 Å². The van der Waals surface area contributed by atoms with Gasteiger partial charge in [-0.15, -0.1) is 0 Å². The molecule has 0 saturated carbocycles. The number of amides is 1. The monoisotopic (exact) mass is 234 g/mol. The van der Waals surface area contributed by atoms with Crippen molar-refractivity contribution in [2.24, 2.45) is 0 Å². The number of hydrogen-bond acceptors (Lipinski definition) is 3. The van der Waals surface area contributed by atoms with Crippen molar-refractivity contribution in [3.05, 3.63) is 35.9 Å². The van der Waals surface area contributed by atoms with Crippen molar-refractivity contribution in [1.29, 1.82) is 0 Å². The molecule has 0 bridgehead atoms. The first kappa shape index (κ1) is 12.1. The molecule has 0 aromatic heterocycles. The summed E-state index contributed by atoms with van der Waals surface area (Å²) in [5.74, 6) is -0.329. The van der Waals surface area contributed by atoms with Gasteiger partial charge in [0.05, 0.1) is 0 Å². The summed E-state index contributed by atoms with van der Waals surface area (Å²) in [7, 11) is 0. The van der Waals surface area contributed by atoms with Crippen LogP contribution in [0.2, 0.25) is 0 Å². The van der Waals surface area contributed by atoms with E-state index in [0.717, 1.165) is 19.4 Å². The van der Waals surface area contributed by atoms with E-state index in [-0.39, 0.29) is 5.91 Å². The summed E-state index contributed by atoms with van der Waals surface area (Å²) < 4.78 is 0. The van der Waals surface area contributed by atoms with Gasteiger partial charge >= 0.3 is 0 Å². The molecule has 2 atom stereocenters. The van der Waals surface area contributed by atoms with Crippen molar-refractivity contribution in [1.82, 2.24) is 10.6 Å². The minimum absolute atomic E-state index is 0.329. The zero-order valence-corrected chi connectivity index (χ0v) is 9.73. The highest BCUT2D eigenvalue weighted by Gasteiger charge is 2.19. The molecule has 4 heteroatoms. The van der Waals surface area contributed by atoms with Gasteiger partial charge in [0.1, 0.15) is 0 Å². The van der Waals surface area contributed by atoms with Crippen molar-refractivity contribution in [2.45, 2.75) is 25.0 Å². The Morgan fingerprint density at radius 2 is 2.24 bits per heavy atom. The summed E-state index contributed by atoms with van der Waals surface area (Å²) in [5, 5.41) is 15.9. The summed E-state index contributed by atoms with van der Waals surface area (Å²) in [6.45, 7) is 1.60. The molecule has 1 fully saturated rings. The Kier molecular flexibility index (Phi) is 4.12. The van der Waals surface area contributed by atoms with Crippen LogP contribution in [0.4, 0.5) is 0 Å². The van der Waals surface area contributed by atoms with E-state index < -0.39 is 6.10 Å². The van der Waals surface area contributed by atoms with Gasteiger partial charge in [0.15, 0.2) is 6.10 Å². The van der Waals surface area contributed by atoms with E-state index in [1.54, 1.807) is 12.1 Å². The minimum Gasteiger partial charge on any atom is -0.378 e. The average molecular weight is 234 g/mol. The van der Waals surface area contributed by atoms with Crippen LogP contribution in [-0.4, -0.2) is 30.1 Å². The molecule has 1 saturated heterocycles. The van der Waals surface area contributed by atoms with Gasteiger partial charge < -0.3 is 15.7 Å². The maximum Gasteiger partial charge on any atom is 0.253 e. The zero-order chi connectivity index (χ0) is 12.1. The van der Waals surface area contributed by atoms with Crippen LogP contribution in [0.1, 0.15) is 24.5 Å². The number of hydrogen-bond donors (Lipinski definition) is 3. The van der Waals surface area contributed by atoms with Gasteiger partial charge in [-0.25, -0.2) is 0 Å². The third-order valence-corrected chi connectivity index (χ3v) is 3.05. The van der Waals surface area contributed by atoms with Crippen LogP contribution < -0.4 is 10.6 Å². The molecular weight excluding hydrogens is 216 g/mol. The topological polar surface area (TPSA) is 61.4 Å². The molecule has 1 amide bonds. The minimum atomic E-state index is -1.07. The lowest BCUT2D eigenvalue weighted by Crippen LogP contribution is -2.39. The van der Waals surface area contributed by atoms with Crippen LogP contribution in [0.25, 0.3) is 0 Å². The Morgan fingerprint density at radius 3 is 2.88 bits per heavy atom. The molecule has 2 unspecified atom stereocenters. The molecule has 92 valence electrons. The molecule has 3 N–H and O–H groups in total. The maximum absolute atomic E-state index is 11.7. The first-order valence-electron chi connectivity index (χ1n) is 6.01. The predicted molar refractivity (Wildman–Crippen MR) is 65.4 cm³/mol. The molecule has 2 rings (SSSR count). The predicted octanol–water partition coefficient (Wildman–Crippen LogP) is 0.588. The van der Waals surface area contributed by atoms with E-state index in [4.69, 9.17) is 0 Å². The molecule has 1 aliphatic heterocycles. The van der Waals surface area contributed by atoms with E-state index in [0.29, 0.717) is 18.2 Å². The lowest BCUT2D eigenvalue weighted by molar-refractivity contribution is -0.129. The second-order valence-electron chi connectivity index (χ2n) is 4.35. The summed E-state index contributed by atoms with van der Waals surface area (Å²) in [6, 6.07) is 9.32. The Balaban J connectivity index is 1.83. The van der Waals surface area contributed by atoms with E-state index in [1.165, 1.54) is 0 Å². The van der Waals surface area contributed by atoms with Gasteiger partial charge in [-0.3, -0.25) is 4.79 Å². The highest BCUT2D eigenvalue weighted by Crippen LogP contribution is 2.12. The third kappa shape index (κ3) is 3.28. The largest absolute Gasteiger partial charge is 0.378 e. The average Bonchev–Trinajstić information content (AvgIpc) is 2.89. The van der Waals surface area contributed by atoms with Crippen LogP contribution in [0.15, 0.2) is 30.3 Å². The van der Waals surface area contributed by atoms with Gasteiger partial charge in [0.2, 0.25) is 0 Å². The molecular formula is C13H18N2O2. The smallest absolute Gasteiger partial charge is 0.253 e. The fraction of sp³-hybridized carbons (Fsp3) is 0.462. The van der Waals surface area contributed by atoms with Crippen LogP contribution in [0.5, 0.6) is 0 Å². The van der Waals surface area contributed by atoms with Gasteiger partial charge in [-0.05, 0) is 24.9 Å². The molecule has 4 nitrogen and oxygen atoms in total. The van der Waals surface area contributed by atoms with Crippen LogP contribution in [0.3, 0.4) is 0 Å². The van der Waals surface area contributed by atoms with Gasteiger partial charge in [0, 0.05) is 12.6 Å².